The van der Waals surface area contributed by atoms with Crippen LogP contribution in [0.15, 0.2) is 57.7 Å². The summed E-state index contributed by atoms with van der Waals surface area (Å²) in [5.74, 6) is 2.08. The predicted octanol–water partition coefficient (Wildman–Crippen LogP) is 3.78. The molecule has 0 bridgehead atoms. The average molecular weight is 309 g/mol. The summed E-state index contributed by atoms with van der Waals surface area (Å²) >= 11 is 0. The normalized spacial score (nSPS) is 11.6. The molecule has 0 saturated heterocycles. The minimum Gasteiger partial charge on any atom is -0.465 e. The third kappa shape index (κ3) is 4.17. The van der Waals surface area contributed by atoms with E-state index in [9.17, 15) is 0 Å². The molecule has 0 aliphatic heterocycles. The van der Waals surface area contributed by atoms with Gasteiger partial charge in [-0.05, 0) is 38.2 Å². The van der Waals surface area contributed by atoms with Crippen molar-refractivity contribution in [2.75, 3.05) is 13.6 Å². The summed E-state index contributed by atoms with van der Waals surface area (Å²) in [6, 6.07) is 11.9. The molecular formula is C18H19N3O2. The van der Waals surface area contributed by atoms with Gasteiger partial charge in [-0.3, -0.25) is 4.90 Å². The fourth-order valence-corrected chi connectivity index (χ4v) is 2.25. The number of likely N-dealkylation sites (N-methyl/N-ethyl adjacent to an activating group) is 1. The lowest BCUT2D eigenvalue weighted by Gasteiger charge is -2.10. The zero-order chi connectivity index (χ0) is 16.1. The van der Waals surface area contributed by atoms with Gasteiger partial charge in [-0.1, -0.05) is 35.0 Å². The van der Waals surface area contributed by atoms with E-state index in [1.807, 2.05) is 62.5 Å². The minimum absolute atomic E-state index is 0.599. The van der Waals surface area contributed by atoms with Gasteiger partial charge < -0.3 is 8.94 Å². The van der Waals surface area contributed by atoms with Gasteiger partial charge in [-0.2, -0.15) is 4.98 Å². The van der Waals surface area contributed by atoms with Crippen molar-refractivity contribution in [3.05, 3.63) is 66.0 Å². The predicted molar refractivity (Wildman–Crippen MR) is 88.5 cm³/mol. The third-order valence-electron chi connectivity index (χ3n) is 3.39. The molecule has 3 rings (SSSR count). The first-order valence-corrected chi connectivity index (χ1v) is 7.49. The van der Waals surface area contributed by atoms with Crippen LogP contribution >= 0.6 is 0 Å². The maximum Gasteiger partial charge on any atom is 0.241 e. The molecule has 118 valence electrons. The largest absolute Gasteiger partial charge is 0.465 e. The Kier molecular flexibility index (Phi) is 4.68. The zero-order valence-electron chi connectivity index (χ0n) is 13.3. The van der Waals surface area contributed by atoms with Gasteiger partial charge in [-0.25, -0.2) is 0 Å². The summed E-state index contributed by atoms with van der Waals surface area (Å²) in [7, 11) is 2.00. The van der Waals surface area contributed by atoms with Crippen LogP contribution in [0.3, 0.4) is 0 Å². The summed E-state index contributed by atoms with van der Waals surface area (Å²) in [6.07, 6.45) is 5.65. The second kappa shape index (κ2) is 7.07. The minimum atomic E-state index is 0.599. The Morgan fingerprint density at radius 2 is 2.13 bits per heavy atom. The van der Waals surface area contributed by atoms with Gasteiger partial charge in [0, 0.05) is 12.1 Å². The lowest BCUT2D eigenvalue weighted by Crippen LogP contribution is -2.17. The fourth-order valence-electron chi connectivity index (χ4n) is 2.25. The second-order valence-electron chi connectivity index (χ2n) is 5.50. The molecule has 1 aromatic carbocycles. The van der Waals surface area contributed by atoms with Crippen molar-refractivity contribution in [3.8, 4) is 11.4 Å². The van der Waals surface area contributed by atoms with Gasteiger partial charge in [0.15, 0.2) is 0 Å². The van der Waals surface area contributed by atoms with Crippen LogP contribution in [0.25, 0.3) is 17.5 Å². The van der Waals surface area contributed by atoms with Crippen molar-refractivity contribution in [2.24, 2.45) is 0 Å². The van der Waals surface area contributed by atoms with Crippen LogP contribution in [-0.2, 0) is 6.54 Å². The van der Waals surface area contributed by atoms with Crippen LogP contribution in [-0.4, -0.2) is 28.6 Å². The number of benzene rings is 1. The summed E-state index contributed by atoms with van der Waals surface area (Å²) < 4.78 is 10.6. The molecule has 3 aromatic rings. The lowest BCUT2D eigenvalue weighted by molar-refractivity contribution is 0.286. The Morgan fingerprint density at radius 1 is 1.22 bits per heavy atom. The van der Waals surface area contributed by atoms with Gasteiger partial charge in [0.05, 0.1) is 12.8 Å². The highest BCUT2D eigenvalue weighted by Crippen LogP contribution is 2.17. The fraction of sp³-hybridized carbons (Fsp3) is 0.222. The molecule has 5 nitrogen and oxygen atoms in total. The highest BCUT2D eigenvalue weighted by Gasteiger charge is 2.10. The summed E-state index contributed by atoms with van der Waals surface area (Å²) in [6.45, 7) is 3.41. The van der Waals surface area contributed by atoms with E-state index in [-0.39, 0.29) is 0 Å². The van der Waals surface area contributed by atoms with Gasteiger partial charge in [-0.15, -0.1) is 0 Å². The van der Waals surface area contributed by atoms with Gasteiger partial charge >= 0.3 is 0 Å². The highest BCUT2D eigenvalue weighted by atomic mass is 16.5. The number of aromatic nitrogens is 2. The standard InChI is InChI=1S/C18H19N3O2/c1-14-6-3-7-15(12-14)18-19-17(23-20-18)13-21(2)10-4-8-16-9-5-11-22-16/h3-9,11-12H,10,13H2,1-2H3/b8-4+. The Labute approximate surface area is 135 Å². The van der Waals surface area contributed by atoms with E-state index >= 15 is 0 Å². The first-order chi connectivity index (χ1) is 11.2. The van der Waals surface area contributed by atoms with E-state index in [1.54, 1.807) is 6.26 Å². The number of aryl methyl sites for hydroxylation is 1. The van der Waals surface area contributed by atoms with E-state index in [1.165, 1.54) is 5.56 Å². The van der Waals surface area contributed by atoms with E-state index in [4.69, 9.17) is 8.94 Å². The van der Waals surface area contributed by atoms with E-state index in [0.29, 0.717) is 18.3 Å². The number of rotatable bonds is 6. The smallest absolute Gasteiger partial charge is 0.241 e. The van der Waals surface area contributed by atoms with Gasteiger partial charge in [0.25, 0.3) is 0 Å². The molecule has 0 aliphatic rings. The van der Waals surface area contributed by atoms with Crippen LogP contribution in [0.4, 0.5) is 0 Å². The molecule has 0 radical (unpaired) electrons. The Balaban J connectivity index is 1.58. The molecule has 23 heavy (non-hydrogen) atoms. The van der Waals surface area contributed by atoms with Crippen LogP contribution in [0, 0.1) is 6.92 Å². The van der Waals surface area contributed by atoms with Gasteiger partial charge in [0.1, 0.15) is 5.76 Å². The summed E-state index contributed by atoms with van der Waals surface area (Å²) in [5, 5.41) is 4.06. The molecule has 2 aromatic heterocycles. The first-order valence-electron chi connectivity index (χ1n) is 7.49. The Hall–Kier alpha value is -2.66. The molecule has 0 aliphatic carbocycles. The molecule has 5 heteroatoms. The SMILES string of the molecule is Cc1cccc(-c2noc(CN(C)C/C=C/c3ccco3)n2)c1. The molecule has 0 atom stereocenters. The highest BCUT2D eigenvalue weighted by molar-refractivity contribution is 5.55. The van der Waals surface area contributed by atoms with Crippen molar-refractivity contribution in [1.82, 2.24) is 15.0 Å². The van der Waals surface area contributed by atoms with E-state index < -0.39 is 0 Å². The summed E-state index contributed by atoms with van der Waals surface area (Å²) in [5.41, 5.74) is 2.15. The van der Waals surface area contributed by atoms with Crippen LogP contribution < -0.4 is 0 Å². The maximum absolute atomic E-state index is 5.34. The first kappa shape index (κ1) is 15.2. The van der Waals surface area contributed by atoms with Crippen molar-refractivity contribution >= 4 is 6.08 Å². The molecule has 0 N–H and O–H groups in total. The third-order valence-corrected chi connectivity index (χ3v) is 3.39. The van der Waals surface area contributed by atoms with E-state index in [2.05, 4.69) is 15.0 Å². The van der Waals surface area contributed by atoms with Crippen molar-refractivity contribution in [2.45, 2.75) is 13.5 Å². The molecule has 0 fully saturated rings. The molecule has 2 heterocycles. The van der Waals surface area contributed by atoms with Gasteiger partial charge in [0.2, 0.25) is 11.7 Å². The number of nitrogens with zero attached hydrogens (tertiary/aromatic N) is 3. The zero-order valence-corrected chi connectivity index (χ0v) is 13.3. The monoisotopic (exact) mass is 309 g/mol. The molecular weight excluding hydrogens is 290 g/mol. The van der Waals surface area contributed by atoms with E-state index in [0.717, 1.165) is 17.9 Å². The quantitative estimate of drug-likeness (QED) is 0.693. The second-order valence-corrected chi connectivity index (χ2v) is 5.50. The lowest BCUT2D eigenvalue weighted by atomic mass is 10.1. The summed E-state index contributed by atoms with van der Waals surface area (Å²) in [4.78, 5) is 6.55. The molecule has 0 amide bonds. The number of hydrogen-bond donors (Lipinski definition) is 0. The van der Waals surface area contributed by atoms with Crippen molar-refractivity contribution in [1.29, 1.82) is 0 Å². The Morgan fingerprint density at radius 3 is 2.91 bits per heavy atom. The van der Waals surface area contributed by atoms with Crippen LogP contribution in [0.2, 0.25) is 0 Å². The Bertz CT molecular complexity index is 775. The molecule has 0 unspecified atom stereocenters. The maximum atomic E-state index is 5.34. The number of furan rings is 1. The molecule has 0 saturated carbocycles. The van der Waals surface area contributed by atoms with Crippen molar-refractivity contribution in [3.63, 3.8) is 0 Å². The van der Waals surface area contributed by atoms with Crippen molar-refractivity contribution < 1.29 is 8.94 Å². The topological polar surface area (TPSA) is 55.3 Å². The molecule has 0 spiro atoms. The van der Waals surface area contributed by atoms with Crippen LogP contribution in [0.1, 0.15) is 17.2 Å². The average Bonchev–Trinajstić information content (AvgIpc) is 3.19. The number of hydrogen-bond acceptors (Lipinski definition) is 5. The van der Waals surface area contributed by atoms with Crippen LogP contribution in [0.5, 0.6) is 0 Å².